The first-order valence-corrected chi connectivity index (χ1v) is 8.51. The molecule has 0 saturated heterocycles. The molecule has 0 fully saturated rings. The van der Waals surface area contributed by atoms with Gasteiger partial charge in [-0.3, -0.25) is 4.98 Å². The summed E-state index contributed by atoms with van der Waals surface area (Å²) in [7, 11) is 0. The fourth-order valence-electron chi connectivity index (χ4n) is 2.39. The molecule has 0 unspecified atom stereocenters. The molecule has 0 aliphatic rings. The smallest absolute Gasteiger partial charge is 0.416 e. The molecule has 5 nitrogen and oxygen atoms in total. The van der Waals surface area contributed by atoms with Gasteiger partial charge in [0.2, 0.25) is 0 Å². The molecule has 0 radical (unpaired) electrons. The molecule has 0 saturated carbocycles. The van der Waals surface area contributed by atoms with Crippen LogP contribution >= 0.6 is 12.2 Å². The molecule has 2 N–H and O–H groups in total. The summed E-state index contributed by atoms with van der Waals surface area (Å²) in [5.41, 5.74) is 6.12. The van der Waals surface area contributed by atoms with Crippen molar-refractivity contribution in [3.8, 4) is 11.3 Å². The summed E-state index contributed by atoms with van der Waals surface area (Å²) >= 11 is 4.99. The number of alkyl halides is 3. The first-order valence-electron chi connectivity index (χ1n) is 8.10. The van der Waals surface area contributed by atoms with Crippen molar-refractivity contribution in [1.29, 1.82) is 0 Å². The summed E-state index contributed by atoms with van der Waals surface area (Å²) in [5, 5.41) is 5.64. The van der Waals surface area contributed by atoms with E-state index in [9.17, 15) is 13.2 Å². The van der Waals surface area contributed by atoms with Gasteiger partial charge in [-0.2, -0.15) is 18.3 Å². The fraction of sp³-hybridized carbons (Fsp3) is 0.105. The van der Waals surface area contributed by atoms with E-state index in [2.05, 4.69) is 10.1 Å². The van der Waals surface area contributed by atoms with Gasteiger partial charge in [0.1, 0.15) is 11.5 Å². The van der Waals surface area contributed by atoms with E-state index in [0.29, 0.717) is 23.6 Å². The van der Waals surface area contributed by atoms with Crippen LogP contribution in [0.4, 0.5) is 13.2 Å². The summed E-state index contributed by atoms with van der Waals surface area (Å²) in [5.74, 6) is 0.640. The Balaban J connectivity index is 1.77. The second kappa shape index (κ2) is 8.22. The summed E-state index contributed by atoms with van der Waals surface area (Å²) in [6.07, 6.45) is 0.290. The van der Waals surface area contributed by atoms with Crippen LogP contribution in [0.2, 0.25) is 0 Å². The predicted molar refractivity (Wildman–Crippen MR) is 103 cm³/mol. The van der Waals surface area contributed by atoms with Gasteiger partial charge in [0.25, 0.3) is 0 Å². The van der Waals surface area contributed by atoms with Gasteiger partial charge in [-0.05, 0) is 48.1 Å². The Labute approximate surface area is 164 Å². The zero-order chi connectivity index (χ0) is 20.1. The minimum atomic E-state index is -4.42. The Kier molecular flexibility index (Phi) is 5.74. The SMILES string of the molecule is NC(=S)N(Cc1cccnc1)N=Cc1ccc(-c2cccc(C(F)(F)F)c2)o1. The molecule has 0 bridgehead atoms. The highest BCUT2D eigenvalue weighted by Crippen LogP contribution is 2.32. The van der Waals surface area contributed by atoms with Gasteiger partial charge in [-0.15, -0.1) is 0 Å². The molecule has 3 rings (SSSR count). The van der Waals surface area contributed by atoms with E-state index in [1.165, 1.54) is 17.3 Å². The van der Waals surface area contributed by atoms with Gasteiger partial charge in [-0.1, -0.05) is 18.2 Å². The van der Waals surface area contributed by atoms with Crippen molar-refractivity contribution in [2.45, 2.75) is 12.7 Å². The van der Waals surface area contributed by atoms with Crippen LogP contribution in [-0.4, -0.2) is 21.3 Å². The first kappa shape index (κ1) is 19.6. The van der Waals surface area contributed by atoms with Crippen molar-refractivity contribution in [3.05, 3.63) is 77.8 Å². The molecule has 0 aliphatic heterocycles. The van der Waals surface area contributed by atoms with E-state index >= 15 is 0 Å². The Morgan fingerprint density at radius 1 is 1.21 bits per heavy atom. The van der Waals surface area contributed by atoms with Gasteiger partial charge in [0.05, 0.1) is 18.3 Å². The van der Waals surface area contributed by atoms with Crippen LogP contribution in [0.1, 0.15) is 16.9 Å². The lowest BCUT2D eigenvalue weighted by molar-refractivity contribution is -0.137. The molecule has 144 valence electrons. The van der Waals surface area contributed by atoms with Crippen molar-refractivity contribution in [3.63, 3.8) is 0 Å². The third-order valence-corrected chi connectivity index (χ3v) is 3.95. The highest BCUT2D eigenvalue weighted by atomic mass is 32.1. The van der Waals surface area contributed by atoms with Crippen LogP contribution in [0.25, 0.3) is 11.3 Å². The second-order valence-corrected chi connectivity index (χ2v) is 6.20. The maximum atomic E-state index is 12.9. The van der Waals surface area contributed by atoms with Crippen LogP contribution in [-0.2, 0) is 12.7 Å². The number of nitrogens with zero attached hydrogens (tertiary/aromatic N) is 3. The van der Waals surface area contributed by atoms with E-state index in [1.807, 2.05) is 6.07 Å². The topological polar surface area (TPSA) is 67.7 Å². The molecule has 9 heteroatoms. The van der Waals surface area contributed by atoms with Crippen LogP contribution in [0.5, 0.6) is 0 Å². The molecular weight excluding hydrogens is 389 g/mol. The predicted octanol–water partition coefficient (Wildman–Crippen LogP) is 4.44. The highest BCUT2D eigenvalue weighted by Gasteiger charge is 2.30. The largest absolute Gasteiger partial charge is 0.455 e. The van der Waals surface area contributed by atoms with Gasteiger partial charge >= 0.3 is 6.18 Å². The van der Waals surface area contributed by atoms with Gasteiger partial charge < -0.3 is 10.2 Å². The molecular formula is C19H15F3N4OS. The van der Waals surface area contributed by atoms with E-state index < -0.39 is 11.7 Å². The Morgan fingerprint density at radius 3 is 2.71 bits per heavy atom. The van der Waals surface area contributed by atoms with Gasteiger partial charge in [0, 0.05) is 18.0 Å². The molecule has 1 aromatic carbocycles. The summed E-state index contributed by atoms with van der Waals surface area (Å²) in [4.78, 5) is 4.02. The van der Waals surface area contributed by atoms with Gasteiger partial charge in [0.15, 0.2) is 5.11 Å². The second-order valence-electron chi connectivity index (χ2n) is 5.78. The van der Waals surface area contributed by atoms with Crippen LogP contribution in [0, 0.1) is 0 Å². The quantitative estimate of drug-likeness (QED) is 0.387. The summed E-state index contributed by atoms with van der Waals surface area (Å²) in [6, 6.07) is 11.7. The van der Waals surface area contributed by atoms with E-state index in [1.54, 1.807) is 36.7 Å². The zero-order valence-corrected chi connectivity index (χ0v) is 15.2. The van der Waals surface area contributed by atoms with Crippen molar-refractivity contribution in [2.24, 2.45) is 10.8 Å². The van der Waals surface area contributed by atoms with Crippen molar-refractivity contribution >= 4 is 23.5 Å². The average molecular weight is 404 g/mol. The third kappa shape index (κ3) is 4.95. The number of hydrogen-bond donors (Lipinski definition) is 1. The number of hydrazone groups is 1. The lowest BCUT2D eigenvalue weighted by Gasteiger charge is -2.16. The zero-order valence-electron chi connectivity index (χ0n) is 14.4. The standard InChI is InChI=1S/C19H15F3N4OS/c20-19(21,22)15-5-1-4-14(9-15)17-7-6-16(27-17)11-25-26(18(23)28)12-13-3-2-8-24-10-13/h1-11H,12H2,(H2,23,28). The highest BCUT2D eigenvalue weighted by molar-refractivity contribution is 7.80. The number of aromatic nitrogens is 1. The molecule has 3 aromatic rings. The number of benzene rings is 1. The number of furan rings is 1. The third-order valence-electron chi connectivity index (χ3n) is 3.74. The monoisotopic (exact) mass is 404 g/mol. The van der Waals surface area contributed by atoms with Crippen LogP contribution in [0.3, 0.4) is 0 Å². The number of pyridine rings is 1. The number of thiocarbonyl (C=S) groups is 1. The Hall–Kier alpha value is -3.20. The Morgan fingerprint density at radius 2 is 2.04 bits per heavy atom. The maximum absolute atomic E-state index is 12.9. The van der Waals surface area contributed by atoms with E-state index in [0.717, 1.165) is 17.7 Å². The Bertz CT molecular complexity index is 986. The summed E-state index contributed by atoms with van der Waals surface area (Å²) in [6.45, 7) is 0.320. The van der Waals surface area contributed by atoms with Gasteiger partial charge in [-0.25, -0.2) is 5.01 Å². The molecule has 0 atom stereocenters. The number of hydrogen-bond acceptors (Lipinski definition) is 4. The number of halogens is 3. The van der Waals surface area contributed by atoms with E-state index in [4.69, 9.17) is 22.4 Å². The van der Waals surface area contributed by atoms with Crippen LogP contribution < -0.4 is 5.73 Å². The molecule has 0 spiro atoms. The van der Waals surface area contributed by atoms with Crippen molar-refractivity contribution in [1.82, 2.24) is 9.99 Å². The molecule has 28 heavy (non-hydrogen) atoms. The maximum Gasteiger partial charge on any atom is 0.416 e. The van der Waals surface area contributed by atoms with Crippen molar-refractivity contribution < 1.29 is 17.6 Å². The minimum Gasteiger partial charge on any atom is -0.455 e. The van der Waals surface area contributed by atoms with Crippen molar-refractivity contribution in [2.75, 3.05) is 0 Å². The van der Waals surface area contributed by atoms with E-state index in [-0.39, 0.29) is 5.11 Å². The molecule has 2 heterocycles. The summed E-state index contributed by atoms with van der Waals surface area (Å²) < 4.78 is 44.2. The van der Waals surface area contributed by atoms with Crippen LogP contribution in [0.15, 0.2) is 70.4 Å². The molecule has 2 aromatic heterocycles. The fourth-order valence-corrected chi connectivity index (χ4v) is 2.50. The lowest BCUT2D eigenvalue weighted by atomic mass is 10.1. The number of rotatable bonds is 5. The number of nitrogens with two attached hydrogens (primary N) is 1. The molecule has 0 aliphatic carbocycles. The normalized spacial score (nSPS) is 11.7. The minimum absolute atomic E-state index is 0.0600. The average Bonchev–Trinajstić information content (AvgIpc) is 3.14. The molecule has 0 amide bonds. The lowest BCUT2D eigenvalue weighted by Crippen LogP contribution is -2.30. The first-order chi connectivity index (χ1) is 13.3.